The number of H-pyrrole nitrogens is 1. The van der Waals surface area contributed by atoms with Crippen LogP contribution in [0.2, 0.25) is 0 Å². The number of carbonyl (C=O) groups is 1. The molecular formula is C10H11N5O3. The lowest BCUT2D eigenvalue weighted by Gasteiger charge is -2.02. The van der Waals surface area contributed by atoms with E-state index in [0.29, 0.717) is 30.3 Å². The molecule has 0 aromatic carbocycles. The fourth-order valence-corrected chi connectivity index (χ4v) is 2.24. The molecule has 18 heavy (non-hydrogen) atoms. The largest absolute Gasteiger partial charge is 0.481 e. The number of carboxylic acid groups (broad SMARTS) is 1. The van der Waals surface area contributed by atoms with Crippen LogP contribution in [-0.2, 0) is 4.79 Å². The van der Waals surface area contributed by atoms with E-state index in [9.17, 15) is 4.79 Å². The number of nitrogens with zero attached hydrogens (tertiary/aromatic N) is 4. The molecule has 0 spiro atoms. The number of aromatic amines is 1. The minimum atomic E-state index is -0.756. The first kappa shape index (κ1) is 10.9. The molecule has 8 nitrogen and oxygen atoms in total. The number of carboxylic acids is 1. The number of aliphatic carboxylic acids is 1. The molecule has 1 aliphatic carbocycles. The molecule has 1 aliphatic rings. The van der Waals surface area contributed by atoms with Crippen LogP contribution in [0.4, 0.5) is 0 Å². The molecule has 0 saturated heterocycles. The van der Waals surface area contributed by atoms with Crippen LogP contribution in [0.1, 0.15) is 31.1 Å². The van der Waals surface area contributed by atoms with Crippen LogP contribution >= 0.6 is 0 Å². The Morgan fingerprint density at radius 1 is 1.50 bits per heavy atom. The molecule has 1 saturated carbocycles. The van der Waals surface area contributed by atoms with Crippen molar-refractivity contribution in [1.29, 1.82) is 0 Å². The summed E-state index contributed by atoms with van der Waals surface area (Å²) < 4.78 is 5.16. The monoisotopic (exact) mass is 249 g/mol. The molecule has 2 heterocycles. The van der Waals surface area contributed by atoms with E-state index in [1.807, 2.05) is 0 Å². The van der Waals surface area contributed by atoms with E-state index in [1.54, 1.807) is 0 Å². The van der Waals surface area contributed by atoms with Gasteiger partial charge in [-0.15, -0.1) is 0 Å². The third-order valence-corrected chi connectivity index (χ3v) is 3.22. The zero-order chi connectivity index (χ0) is 12.5. The molecule has 3 rings (SSSR count). The highest BCUT2D eigenvalue weighted by molar-refractivity contribution is 5.70. The summed E-state index contributed by atoms with van der Waals surface area (Å²) >= 11 is 0. The first-order chi connectivity index (χ1) is 8.74. The molecule has 2 N–H and O–H groups in total. The zero-order valence-electron chi connectivity index (χ0n) is 9.41. The van der Waals surface area contributed by atoms with Crippen LogP contribution in [0.5, 0.6) is 0 Å². The Bertz CT molecular complexity index is 550. The van der Waals surface area contributed by atoms with Crippen molar-refractivity contribution in [3.05, 3.63) is 12.1 Å². The van der Waals surface area contributed by atoms with Gasteiger partial charge in [0.15, 0.2) is 5.69 Å². The molecule has 0 bridgehead atoms. The molecular weight excluding hydrogens is 238 g/mol. The van der Waals surface area contributed by atoms with Gasteiger partial charge in [0.25, 0.3) is 0 Å². The second-order valence-corrected chi connectivity index (χ2v) is 4.36. The Kier molecular flexibility index (Phi) is 2.54. The van der Waals surface area contributed by atoms with E-state index >= 15 is 0 Å². The Balaban J connectivity index is 1.77. The van der Waals surface area contributed by atoms with Crippen molar-refractivity contribution in [2.75, 3.05) is 0 Å². The highest BCUT2D eigenvalue weighted by atomic mass is 16.5. The number of hydrogen-bond acceptors (Lipinski definition) is 6. The number of rotatable bonds is 3. The van der Waals surface area contributed by atoms with Crippen LogP contribution in [-0.4, -0.2) is 36.6 Å². The summed E-state index contributed by atoms with van der Waals surface area (Å²) in [5.41, 5.74) is 0.512. The maximum atomic E-state index is 10.9. The van der Waals surface area contributed by atoms with Gasteiger partial charge in [-0.3, -0.25) is 4.79 Å². The van der Waals surface area contributed by atoms with Crippen molar-refractivity contribution in [3.8, 4) is 11.5 Å². The van der Waals surface area contributed by atoms with Crippen molar-refractivity contribution in [3.63, 3.8) is 0 Å². The summed E-state index contributed by atoms with van der Waals surface area (Å²) in [7, 11) is 0. The molecule has 2 aromatic heterocycles. The average Bonchev–Trinajstić information content (AvgIpc) is 3.10. The molecule has 0 aliphatic heterocycles. The zero-order valence-corrected chi connectivity index (χ0v) is 9.41. The summed E-state index contributed by atoms with van der Waals surface area (Å²) in [4.78, 5) is 15.1. The minimum absolute atomic E-state index is 0.0271. The van der Waals surface area contributed by atoms with Gasteiger partial charge in [-0.1, -0.05) is 5.16 Å². The second-order valence-electron chi connectivity index (χ2n) is 4.36. The third kappa shape index (κ3) is 1.85. The summed E-state index contributed by atoms with van der Waals surface area (Å²) in [6.07, 6.45) is 3.47. The van der Waals surface area contributed by atoms with Crippen LogP contribution in [0.15, 0.2) is 10.7 Å². The van der Waals surface area contributed by atoms with Gasteiger partial charge < -0.3 is 9.63 Å². The molecule has 8 heteroatoms. The van der Waals surface area contributed by atoms with Gasteiger partial charge in [0, 0.05) is 5.92 Å². The van der Waals surface area contributed by atoms with Gasteiger partial charge in [-0.05, 0) is 19.3 Å². The van der Waals surface area contributed by atoms with Gasteiger partial charge in [-0.2, -0.15) is 20.4 Å². The van der Waals surface area contributed by atoms with Gasteiger partial charge in [0.05, 0.1) is 12.1 Å². The lowest BCUT2D eigenvalue weighted by atomic mass is 10.1. The first-order valence-electron chi connectivity index (χ1n) is 5.66. The predicted octanol–water partition coefficient (Wildman–Crippen LogP) is 0.823. The molecule has 2 aromatic rings. The number of nitrogens with one attached hydrogen (secondary N) is 1. The van der Waals surface area contributed by atoms with Crippen LogP contribution in [0.25, 0.3) is 11.5 Å². The van der Waals surface area contributed by atoms with E-state index in [0.717, 1.165) is 6.42 Å². The number of aromatic nitrogens is 5. The molecule has 2 unspecified atom stereocenters. The van der Waals surface area contributed by atoms with Crippen LogP contribution in [0, 0.1) is 5.92 Å². The Labute approximate surface area is 101 Å². The minimum Gasteiger partial charge on any atom is -0.481 e. The predicted molar refractivity (Wildman–Crippen MR) is 57.4 cm³/mol. The fraction of sp³-hybridized carbons (Fsp3) is 0.500. The SMILES string of the molecule is O=C(O)C1CCC(c2nc(-c3cn[nH]n3)no2)C1. The molecule has 1 fully saturated rings. The summed E-state index contributed by atoms with van der Waals surface area (Å²) in [5.74, 6) is -0.181. The van der Waals surface area contributed by atoms with E-state index in [1.165, 1.54) is 6.20 Å². The third-order valence-electron chi connectivity index (χ3n) is 3.22. The van der Waals surface area contributed by atoms with E-state index in [2.05, 4.69) is 25.6 Å². The van der Waals surface area contributed by atoms with Crippen molar-refractivity contribution < 1.29 is 14.4 Å². The van der Waals surface area contributed by atoms with Crippen molar-refractivity contribution in [2.45, 2.75) is 25.2 Å². The first-order valence-corrected chi connectivity index (χ1v) is 5.66. The topological polar surface area (TPSA) is 118 Å². The normalized spacial score (nSPS) is 23.3. The van der Waals surface area contributed by atoms with Gasteiger partial charge in [-0.25, -0.2) is 0 Å². The Morgan fingerprint density at radius 2 is 2.39 bits per heavy atom. The lowest BCUT2D eigenvalue weighted by molar-refractivity contribution is -0.141. The van der Waals surface area contributed by atoms with E-state index < -0.39 is 5.97 Å². The molecule has 0 amide bonds. The van der Waals surface area contributed by atoms with Crippen LogP contribution < -0.4 is 0 Å². The summed E-state index contributed by atoms with van der Waals surface area (Å²) in [6.45, 7) is 0. The Hall–Kier alpha value is -2.25. The van der Waals surface area contributed by atoms with Gasteiger partial charge >= 0.3 is 5.97 Å². The van der Waals surface area contributed by atoms with Gasteiger partial charge in [0.1, 0.15) is 0 Å². The fourth-order valence-electron chi connectivity index (χ4n) is 2.24. The quantitative estimate of drug-likeness (QED) is 0.826. The average molecular weight is 249 g/mol. The Morgan fingerprint density at radius 3 is 3.06 bits per heavy atom. The smallest absolute Gasteiger partial charge is 0.306 e. The maximum Gasteiger partial charge on any atom is 0.306 e. The lowest BCUT2D eigenvalue weighted by Crippen LogP contribution is -2.09. The van der Waals surface area contributed by atoms with Crippen LogP contribution in [0.3, 0.4) is 0 Å². The molecule has 94 valence electrons. The van der Waals surface area contributed by atoms with Gasteiger partial charge in [0.2, 0.25) is 11.7 Å². The highest BCUT2D eigenvalue weighted by Gasteiger charge is 2.33. The standard InChI is InChI=1S/C10H11N5O3/c16-10(17)6-2-1-5(3-6)9-12-8(14-18-9)7-4-11-15-13-7/h4-6H,1-3H2,(H,16,17)(H,11,13,15). The molecule has 2 atom stereocenters. The summed E-state index contributed by atoms with van der Waals surface area (Å²) in [6, 6.07) is 0. The van der Waals surface area contributed by atoms with E-state index in [-0.39, 0.29) is 11.8 Å². The summed E-state index contributed by atoms with van der Waals surface area (Å²) in [5, 5.41) is 22.8. The van der Waals surface area contributed by atoms with Crippen molar-refractivity contribution in [1.82, 2.24) is 25.6 Å². The number of hydrogen-bond donors (Lipinski definition) is 2. The maximum absolute atomic E-state index is 10.9. The second kappa shape index (κ2) is 4.21. The molecule has 0 radical (unpaired) electrons. The van der Waals surface area contributed by atoms with E-state index in [4.69, 9.17) is 9.63 Å². The highest BCUT2D eigenvalue weighted by Crippen LogP contribution is 2.37. The van der Waals surface area contributed by atoms with Crippen molar-refractivity contribution in [2.24, 2.45) is 5.92 Å². The van der Waals surface area contributed by atoms with Crippen molar-refractivity contribution >= 4 is 5.97 Å².